The van der Waals surface area contributed by atoms with Gasteiger partial charge < -0.3 is 33.8 Å². The Kier molecular flexibility index (Phi) is 53.4. The van der Waals surface area contributed by atoms with Crippen LogP contribution in [-0.2, 0) is 65.4 Å². The summed E-state index contributed by atoms with van der Waals surface area (Å²) in [6.45, 7) is 9.37. The first-order valence-electron chi connectivity index (χ1n) is 32.6. The van der Waals surface area contributed by atoms with Crippen LogP contribution in [0.15, 0.2) is 0 Å². The molecule has 0 fully saturated rings. The van der Waals surface area contributed by atoms with Gasteiger partial charge in [0.25, 0.3) is 0 Å². The maximum absolute atomic E-state index is 12.9. The van der Waals surface area contributed by atoms with E-state index < -0.39 is 97.5 Å². The largest absolute Gasteiger partial charge is 0.472 e. The van der Waals surface area contributed by atoms with Crippen molar-refractivity contribution in [3.63, 3.8) is 0 Å². The molecule has 4 unspecified atom stereocenters. The smallest absolute Gasteiger partial charge is 0.462 e. The van der Waals surface area contributed by atoms with Gasteiger partial charge in [0.05, 0.1) is 26.4 Å². The topological polar surface area (TPSA) is 237 Å². The molecule has 3 N–H and O–H groups in total. The summed E-state index contributed by atoms with van der Waals surface area (Å²) in [6.07, 6.45) is 36.2. The van der Waals surface area contributed by atoms with Crippen LogP contribution < -0.4 is 0 Å². The molecule has 0 saturated carbocycles. The minimum Gasteiger partial charge on any atom is -0.462 e. The van der Waals surface area contributed by atoms with Crippen molar-refractivity contribution >= 4 is 39.5 Å². The first-order chi connectivity index (χ1) is 38.9. The standard InChI is InChI=1S/C62H120O17P2/c1-7-11-13-15-17-19-20-21-23-25-34-40-46-61(66)78-57(51-73-60(65)45-39-33-28-26-30-36-42-54(5)9-3)52-76-80(68,69)74-48-56(63)49-75-81(70,71)77-53-58(50-72-59(64)44-38-32-24-22-18-16-14-12-8-2)79-62(67)47-41-35-29-27-31-37-43-55(6)10-4/h54-58,63H,7-53H2,1-6H3,(H,68,69)(H,70,71)/t54?,55?,56-,57-,58-/m1/s1. The molecule has 0 aromatic carbocycles. The zero-order valence-electron chi connectivity index (χ0n) is 52.1. The molecule has 0 amide bonds. The maximum Gasteiger partial charge on any atom is 0.472 e. The number of phosphoric ester groups is 2. The van der Waals surface area contributed by atoms with Crippen LogP contribution in [0, 0.1) is 11.8 Å². The van der Waals surface area contributed by atoms with Crippen molar-refractivity contribution in [1.82, 2.24) is 0 Å². The predicted molar refractivity (Wildman–Crippen MR) is 321 cm³/mol. The van der Waals surface area contributed by atoms with Crippen molar-refractivity contribution < 1.29 is 80.2 Å². The van der Waals surface area contributed by atoms with E-state index in [0.29, 0.717) is 25.7 Å². The molecule has 19 heteroatoms. The van der Waals surface area contributed by atoms with Gasteiger partial charge in [-0.25, -0.2) is 9.13 Å². The Morgan fingerprint density at radius 1 is 0.346 bits per heavy atom. The van der Waals surface area contributed by atoms with Crippen molar-refractivity contribution in [2.45, 2.75) is 323 Å². The molecule has 7 atom stereocenters. The summed E-state index contributed by atoms with van der Waals surface area (Å²) in [5.74, 6) is -0.688. The summed E-state index contributed by atoms with van der Waals surface area (Å²) in [5, 5.41) is 10.5. The molecule has 0 aromatic rings. The third-order valence-corrected chi connectivity index (χ3v) is 16.8. The summed E-state index contributed by atoms with van der Waals surface area (Å²) in [4.78, 5) is 72.1. The van der Waals surface area contributed by atoms with Crippen molar-refractivity contribution in [2.24, 2.45) is 11.8 Å². The fraction of sp³-hybridized carbons (Fsp3) is 0.935. The molecule has 81 heavy (non-hydrogen) atoms. The van der Waals surface area contributed by atoms with Crippen LogP contribution in [0.25, 0.3) is 0 Å². The number of phosphoric acid groups is 2. The number of ether oxygens (including phenoxy) is 4. The van der Waals surface area contributed by atoms with Gasteiger partial charge in [0, 0.05) is 25.7 Å². The summed E-state index contributed by atoms with van der Waals surface area (Å²) < 4.78 is 67.9. The van der Waals surface area contributed by atoms with Crippen LogP contribution in [0.4, 0.5) is 0 Å². The van der Waals surface area contributed by atoms with Crippen LogP contribution in [0.2, 0.25) is 0 Å². The number of aliphatic hydroxyl groups is 1. The summed E-state index contributed by atoms with van der Waals surface area (Å²) >= 11 is 0. The molecule has 0 saturated heterocycles. The van der Waals surface area contributed by atoms with Gasteiger partial charge in [-0.05, 0) is 37.5 Å². The molecular formula is C62H120O17P2. The molecule has 0 aromatic heterocycles. The summed E-state index contributed by atoms with van der Waals surface area (Å²) in [6, 6.07) is 0. The number of hydrogen-bond donors (Lipinski definition) is 3. The van der Waals surface area contributed by atoms with Gasteiger partial charge in [-0.2, -0.15) is 0 Å². The minimum atomic E-state index is -4.94. The van der Waals surface area contributed by atoms with Gasteiger partial charge in [-0.3, -0.25) is 37.3 Å². The van der Waals surface area contributed by atoms with E-state index in [1.54, 1.807) is 0 Å². The number of aliphatic hydroxyl groups excluding tert-OH is 1. The van der Waals surface area contributed by atoms with Gasteiger partial charge in [0.15, 0.2) is 12.2 Å². The third kappa shape index (κ3) is 54.5. The molecule has 17 nitrogen and oxygen atoms in total. The highest BCUT2D eigenvalue weighted by Gasteiger charge is 2.30. The lowest BCUT2D eigenvalue weighted by Crippen LogP contribution is -2.30. The van der Waals surface area contributed by atoms with Crippen LogP contribution in [0.5, 0.6) is 0 Å². The van der Waals surface area contributed by atoms with E-state index >= 15 is 0 Å². The summed E-state index contributed by atoms with van der Waals surface area (Å²) in [7, 11) is -9.88. The van der Waals surface area contributed by atoms with Gasteiger partial charge >= 0.3 is 39.5 Å². The number of rotatable bonds is 61. The fourth-order valence-electron chi connectivity index (χ4n) is 9.11. The maximum atomic E-state index is 12.9. The molecule has 0 spiro atoms. The number of carbonyl (C=O) groups excluding carboxylic acids is 4. The molecule has 0 bridgehead atoms. The van der Waals surface area contributed by atoms with E-state index in [1.807, 2.05) is 0 Å². The number of hydrogen-bond acceptors (Lipinski definition) is 15. The number of unbranched alkanes of at least 4 members (excludes halogenated alkanes) is 29. The first-order valence-corrected chi connectivity index (χ1v) is 35.6. The Hall–Kier alpha value is -1.94. The first kappa shape index (κ1) is 79.1. The van der Waals surface area contributed by atoms with E-state index in [2.05, 4.69) is 41.5 Å². The van der Waals surface area contributed by atoms with Crippen molar-refractivity contribution in [3.8, 4) is 0 Å². The Balaban J connectivity index is 5.25. The Labute approximate surface area is 492 Å². The van der Waals surface area contributed by atoms with Gasteiger partial charge in [-0.1, -0.05) is 253 Å². The lowest BCUT2D eigenvalue weighted by molar-refractivity contribution is -0.161. The van der Waals surface area contributed by atoms with Gasteiger partial charge in [-0.15, -0.1) is 0 Å². The molecule has 0 rings (SSSR count). The molecule has 0 aliphatic rings. The average Bonchev–Trinajstić information content (AvgIpc) is 3.44. The molecule has 0 aliphatic carbocycles. The van der Waals surface area contributed by atoms with E-state index in [1.165, 1.54) is 116 Å². The van der Waals surface area contributed by atoms with Gasteiger partial charge in [0.1, 0.15) is 19.3 Å². The van der Waals surface area contributed by atoms with Crippen molar-refractivity contribution in [1.29, 1.82) is 0 Å². The second kappa shape index (κ2) is 54.7. The average molecular weight is 1200 g/mol. The lowest BCUT2D eigenvalue weighted by Gasteiger charge is -2.21. The van der Waals surface area contributed by atoms with Crippen LogP contribution in [0.3, 0.4) is 0 Å². The highest BCUT2D eigenvalue weighted by molar-refractivity contribution is 7.47. The monoisotopic (exact) mass is 1200 g/mol. The number of esters is 4. The normalized spacial score (nSPS) is 15.0. The predicted octanol–water partition coefficient (Wildman–Crippen LogP) is 16.9. The van der Waals surface area contributed by atoms with Crippen LogP contribution in [0.1, 0.15) is 305 Å². The molecule has 0 aliphatic heterocycles. The van der Waals surface area contributed by atoms with Crippen LogP contribution in [-0.4, -0.2) is 96.7 Å². The zero-order chi connectivity index (χ0) is 60.1. The van der Waals surface area contributed by atoms with Crippen molar-refractivity contribution in [2.75, 3.05) is 39.6 Å². The Bertz CT molecular complexity index is 1600. The SMILES string of the molecule is CCCCCCCCCCCCCCC(=O)O[C@H](COC(=O)CCCCCCCCC(C)CC)COP(=O)(O)OC[C@@H](O)COP(=O)(O)OC[C@@H](COC(=O)CCCCCCCCCCC)OC(=O)CCCCCCCCC(C)CC. The Morgan fingerprint density at radius 2 is 0.593 bits per heavy atom. The minimum absolute atomic E-state index is 0.103. The van der Waals surface area contributed by atoms with E-state index in [0.717, 1.165) is 108 Å². The molecule has 0 heterocycles. The van der Waals surface area contributed by atoms with Gasteiger partial charge in [0.2, 0.25) is 0 Å². The lowest BCUT2D eigenvalue weighted by atomic mass is 10.00. The van der Waals surface area contributed by atoms with E-state index in [-0.39, 0.29) is 25.7 Å². The van der Waals surface area contributed by atoms with Crippen molar-refractivity contribution in [3.05, 3.63) is 0 Å². The number of carbonyl (C=O) groups is 4. The third-order valence-electron chi connectivity index (χ3n) is 14.9. The molecular weight excluding hydrogens is 1080 g/mol. The van der Waals surface area contributed by atoms with E-state index in [9.17, 15) is 43.2 Å². The molecule has 0 radical (unpaired) electrons. The fourth-order valence-corrected chi connectivity index (χ4v) is 10.7. The second-order valence-electron chi connectivity index (χ2n) is 22.9. The second-order valence-corrected chi connectivity index (χ2v) is 25.8. The zero-order valence-corrected chi connectivity index (χ0v) is 53.9. The Morgan fingerprint density at radius 3 is 0.877 bits per heavy atom. The molecule has 480 valence electrons. The highest BCUT2D eigenvalue weighted by atomic mass is 31.2. The highest BCUT2D eigenvalue weighted by Crippen LogP contribution is 2.45. The van der Waals surface area contributed by atoms with Crippen LogP contribution >= 0.6 is 15.6 Å². The van der Waals surface area contributed by atoms with E-state index in [4.69, 9.17) is 37.0 Å². The summed E-state index contributed by atoms with van der Waals surface area (Å²) in [5.41, 5.74) is 0. The quantitative estimate of drug-likeness (QED) is 0.0222.